The Morgan fingerprint density at radius 3 is 2.23 bits per heavy atom. The molecule has 0 aliphatic rings. The Balaban J connectivity index is 0.00000480. The zero-order valence-corrected chi connectivity index (χ0v) is 20.4. The van der Waals surface area contributed by atoms with Crippen LogP contribution in [0.15, 0.2) is 53.5 Å². The van der Waals surface area contributed by atoms with E-state index in [0.29, 0.717) is 42.5 Å². The van der Waals surface area contributed by atoms with Gasteiger partial charge in [0.2, 0.25) is 0 Å². The molecule has 0 bridgehead atoms. The van der Waals surface area contributed by atoms with Gasteiger partial charge in [0.15, 0.2) is 5.96 Å². The molecule has 4 N–H and O–H groups in total. The molecular formula is C22H30IN5O3. The molecule has 0 atom stereocenters. The van der Waals surface area contributed by atoms with E-state index >= 15 is 0 Å². The second-order valence-electron chi connectivity index (χ2n) is 6.44. The van der Waals surface area contributed by atoms with Crippen LogP contribution in [0.4, 0.5) is 0 Å². The standard InChI is InChI=1S/C22H29N5O3.HI/c1-23-20(28)18-6-4-5-16(15-18)11-12-26-22(24-2)27-14-13-25-21(29)17-7-9-19(30-3)10-8-17;/h4-10,15H,11-14H2,1-3H3,(H,23,28)(H,25,29)(H2,24,26,27);1H. The molecule has 0 aliphatic carbocycles. The normalized spacial score (nSPS) is 10.5. The van der Waals surface area contributed by atoms with E-state index < -0.39 is 0 Å². The number of nitrogens with zero attached hydrogens (tertiary/aromatic N) is 1. The van der Waals surface area contributed by atoms with Gasteiger partial charge in [-0.25, -0.2) is 0 Å². The van der Waals surface area contributed by atoms with E-state index in [1.54, 1.807) is 51.5 Å². The van der Waals surface area contributed by atoms with Crippen molar-refractivity contribution in [1.29, 1.82) is 0 Å². The van der Waals surface area contributed by atoms with Crippen molar-refractivity contribution in [2.24, 2.45) is 4.99 Å². The molecule has 0 saturated carbocycles. The SMILES string of the molecule is CN=C(NCCNC(=O)c1ccc(OC)cc1)NCCc1cccc(C(=O)NC)c1.I. The number of methoxy groups -OCH3 is 1. The van der Waals surface area contributed by atoms with Crippen molar-refractivity contribution in [2.75, 3.05) is 40.8 Å². The van der Waals surface area contributed by atoms with Crippen LogP contribution in [0.5, 0.6) is 5.75 Å². The first-order valence-corrected chi connectivity index (χ1v) is 9.75. The Morgan fingerprint density at radius 1 is 0.903 bits per heavy atom. The van der Waals surface area contributed by atoms with E-state index in [0.717, 1.165) is 12.0 Å². The van der Waals surface area contributed by atoms with Gasteiger partial charge in [0, 0.05) is 44.9 Å². The first kappa shape index (κ1) is 26.2. The van der Waals surface area contributed by atoms with E-state index in [1.807, 2.05) is 18.2 Å². The third-order valence-corrected chi connectivity index (χ3v) is 4.40. The highest BCUT2D eigenvalue weighted by Crippen LogP contribution is 2.10. The molecule has 0 fully saturated rings. The summed E-state index contributed by atoms with van der Waals surface area (Å²) >= 11 is 0. The van der Waals surface area contributed by atoms with Gasteiger partial charge in [0.25, 0.3) is 11.8 Å². The van der Waals surface area contributed by atoms with Gasteiger partial charge in [-0.05, 0) is 48.4 Å². The van der Waals surface area contributed by atoms with E-state index in [9.17, 15) is 9.59 Å². The van der Waals surface area contributed by atoms with Crippen LogP contribution in [-0.4, -0.2) is 58.6 Å². The number of hydrogen-bond donors (Lipinski definition) is 4. The molecule has 2 amide bonds. The van der Waals surface area contributed by atoms with Crippen LogP contribution < -0.4 is 26.0 Å². The van der Waals surface area contributed by atoms with Crippen LogP contribution in [0, 0.1) is 0 Å². The molecule has 0 radical (unpaired) electrons. The van der Waals surface area contributed by atoms with Gasteiger partial charge in [0.05, 0.1) is 7.11 Å². The summed E-state index contributed by atoms with van der Waals surface area (Å²) in [5.41, 5.74) is 2.29. The summed E-state index contributed by atoms with van der Waals surface area (Å²) < 4.78 is 5.09. The highest BCUT2D eigenvalue weighted by molar-refractivity contribution is 14.0. The quantitative estimate of drug-likeness (QED) is 0.169. The lowest BCUT2D eigenvalue weighted by atomic mass is 10.1. The van der Waals surface area contributed by atoms with Crippen molar-refractivity contribution in [3.63, 3.8) is 0 Å². The van der Waals surface area contributed by atoms with Crippen LogP contribution in [0.3, 0.4) is 0 Å². The van der Waals surface area contributed by atoms with Gasteiger partial charge in [-0.1, -0.05) is 12.1 Å². The Hall–Kier alpha value is -2.82. The summed E-state index contributed by atoms with van der Waals surface area (Å²) in [7, 11) is 4.90. The third kappa shape index (κ3) is 8.83. The van der Waals surface area contributed by atoms with Crippen molar-refractivity contribution >= 4 is 41.8 Å². The van der Waals surface area contributed by atoms with Crippen molar-refractivity contribution in [3.8, 4) is 5.75 Å². The first-order chi connectivity index (χ1) is 14.6. The molecule has 0 aromatic heterocycles. The molecular weight excluding hydrogens is 509 g/mol. The van der Waals surface area contributed by atoms with Crippen molar-refractivity contribution in [1.82, 2.24) is 21.3 Å². The smallest absolute Gasteiger partial charge is 0.251 e. The van der Waals surface area contributed by atoms with E-state index in [4.69, 9.17) is 4.74 Å². The number of nitrogens with one attached hydrogen (secondary N) is 4. The van der Waals surface area contributed by atoms with Crippen LogP contribution in [0.2, 0.25) is 0 Å². The lowest BCUT2D eigenvalue weighted by Gasteiger charge is -2.13. The first-order valence-electron chi connectivity index (χ1n) is 9.75. The summed E-state index contributed by atoms with van der Waals surface area (Å²) in [6.45, 7) is 1.66. The molecule has 2 rings (SSSR count). The Bertz CT molecular complexity index is 872. The average molecular weight is 539 g/mol. The van der Waals surface area contributed by atoms with Gasteiger partial charge in [-0.3, -0.25) is 14.6 Å². The van der Waals surface area contributed by atoms with Gasteiger partial charge >= 0.3 is 0 Å². The van der Waals surface area contributed by atoms with Gasteiger partial charge in [-0.2, -0.15) is 0 Å². The van der Waals surface area contributed by atoms with E-state index in [-0.39, 0.29) is 35.8 Å². The van der Waals surface area contributed by atoms with Crippen LogP contribution in [-0.2, 0) is 6.42 Å². The zero-order valence-electron chi connectivity index (χ0n) is 18.0. The molecule has 0 unspecified atom stereocenters. The minimum absolute atomic E-state index is 0. The maximum Gasteiger partial charge on any atom is 0.251 e. The number of aliphatic imine (C=N–C) groups is 1. The summed E-state index contributed by atoms with van der Waals surface area (Å²) in [6.07, 6.45) is 0.750. The Morgan fingerprint density at radius 2 is 1.58 bits per heavy atom. The lowest BCUT2D eigenvalue weighted by Crippen LogP contribution is -2.42. The number of carbonyl (C=O) groups excluding carboxylic acids is 2. The molecule has 31 heavy (non-hydrogen) atoms. The molecule has 2 aromatic rings. The Labute approximate surface area is 200 Å². The number of carbonyl (C=O) groups is 2. The highest BCUT2D eigenvalue weighted by atomic mass is 127. The number of hydrogen-bond acceptors (Lipinski definition) is 4. The maximum atomic E-state index is 12.1. The summed E-state index contributed by atoms with van der Waals surface area (Å²) in [6, 6.07) is 14.5. The lowest BCUT2D eigenvalue weighted by molar-refractivity contribution is 0.0949. The number of rotatable bonds is 9. The van der Waals surface area contributed by atoms with Gasteiger partial charge < -0.3 is 26.0 Å². The Kier molecular flexibility index (Phi) is 12.0. The molecule has 2 aromatic carbocycles. The predicted molar refractivity (Wildman–Crippen MR) is 134 cm³/mol. The molecule has 8 nitrogen and oxygen atoms in total. The fourth-order valence-corrected chi connectivity index (χ4v) is 2.76. The third-order valence-electron chi connectivity index (χ3n) is 4.40. The van der Waals surface area contributed by atoms with Crippen molar-refractivity contribution in [3.05, 3.63) is 65.2 Å². The summed E-state index contributed by atoms with van der Waals surface area (Å²) in [5, 5.41) is 11.9. The van der Waals surface area contributed by atoms with E-state index in [1.165, 1.54) is 0 Å². The topological polar surface area (TPSA) is 104 Å². The largest absolute Gasteiger partial charge is 0.497 e. The minimum atomic E-state index is -0.140. The number of benzene rings is 2. The number of halogens is 1. The second kappa shape index (κ2) is 14.2. The van der Waals surface area contributed by atoms with Crippen LogP contribution >= 0.6 is 24.0 Å². The predicted octanol–water partition coefficient (Wildman–Crippen LogP) is 1.81. The zero-order chi connectivity index (χ0) is 21.8. The number of amides is 2. The van der Waals surface area contributed by atoms with Gasteiger partial charge in [0.1, 0.15) is 5.75 Å². The van der Waals surface area contributed by atoms with Gasteiger partial charge in [-0.15, -0.1) is 24.0 Å². The highest BCUT2D eigenvalue weighted by Gasteiger charge is 2.06. The monoisotopic (exact) mass is 539 g/mol. The molecule has 0 saturated heterocycles. The second-order valence-corrected chi connectivity index (χ2v) is 6.44. The average Bonchev–Trinajstić information content (AvgIpc) is 2.80. The molecule has 0 aliphatic heterocycles. The maximum absolute atomic E-state index is 12.1. The number of ether oxygens (including phenoxy) is 1. The molecule has 0 heterocycles. The van der Waals surface area contributed by atoms with Crippen LogP contribution in [0.25, 0.3) is 0 Å². The summed E-state index contributed by atoms with van der Waals surface area (Å²) in [5.74, 6) is 1.12. The molecule has 168 valence electrons. The van der Waals surface area contributed by atoms with E-state index in [2.05, 4.69) is 26.3 Å². The fourth-order valence-electron chi connectivity index (χ4n) is 2.76. The molecule has 0 spiro atoms. The van der Waals surface area contributed by atoms with Crippen LogP contribution in [0.1, 0.15) is 26.3 Å². The van der Waals surface area contributed by atoms with Crippen molar-refractivity contribution < 1.29 is 14.3 Å². The molecule has 9 heteroatoms. The van der Waals surface area contributed by atoms with Crippen molar-refractivity contribution in [2.45, 2.75) is 6.42 Å². The summed E-state index contributed by atoms with van der Waals surface area (Å²) in [4.78, 5) is 28.0. The fraction of sp³-hybridized carbons (Fsp3) is 0.318. The minimum Gasteiger partial charge on any atom is -0.497 e. The number of guanidine groups is 1.